The molecule has 3 amide bonds. The molecule has 1 spiro atoms. The lowest BCUT2D eigenvalue weighted by molar-refractivity contribution is -0.150. The fourth-order valence-corrected chi connectivity index (χ4v) is 4.78. The van der Waals surface area contributed by atoms with Crippen molar-refractivity contribution >= 4 is 11.9 Å². The molecular formula is C17H29N3O3. The molecule has 130 valence electrons. The standard InChI is InChI=1S/C17H29N3O3/c1-6-15(4)10-17(13(21)18-14(22)19-17)11(3)16(5,7-2)20(15)8-12-9-23-12/h11-12H,6-10H2,1-5H3,(H2,18,19,21,22). The molecule has 0 aliphatic carbocycles. The minimum atomic E-state index is -0.812. The van der Waals surface area contributed by atoms with Gasteiger partial charge in [-0.05, 0) is 33.1 Å². The summed E-state index contributed by atoms with van der Waals surface area (Å²) in [5.41, 5.74) is -1.14. The van der Waals surface area contributed by atoms with Gasteiger partial charge < -0.3 is 10.1 Å². The topological polar surface area (TPSA) is 74.0 Å². The molecule has 0 aromatic rings. The molecule has 0 bridgehead atoms. The third kappa shape index (κ3) is 2.30. The molecular weight excluding hydrogens is 294 g/mol. The predicted octanol–water partition coefficient (Wildman–Crippen LogP) is 1.64. The van der Waals surface area contributed by atoms with Crippen molar-refractivity contribution in [3.63, 3.8) is 0 Å². The lowest BCUT2D eigenvalue weighted by Gasteiger charge is -2.63. The highest BCUT2D eigenvalue weighted by Crippen LogP contribution is 2.51. The second-order valence-corrected chi connectivity index (χ2v) is 7.91. The van der Waals surface area contributed by atoms with Gasteiger partial charge >= 0.3 is 6.03 Å². The van der Waals surface area contributed by atoms with Crippen molar-refractivity contribution < 1.29 is 14.3 Å². The van der Waals surface area contributed by atoms with E-state index in [9.17, 15) is 9.59 Å². The van der Waals surface area contributed by atoms with E-state index in [0.717, 1.165) is 26.0 Å². The van der Waals surface area contributed by atoms with Crippen molar-refractivity contribution in [2.24, 2.45) is 5.92 Å². The fourth-order valence-electron chi connectivity index (χ4n) is 4.78. The number of carbonyl (C=O) groups excluding carboxylic acids is 2. The number of rotatable bonds is 4. The van der Waals surface area contributed by atoms with Crippen LogP contribution in [0, 0.1) is 5.92 Å². The highest BCUT2D eigenvalue weighted by molar-refractivity contribution is 6.07. The molecule has 3 aliphatic rings. The third-order valence-electron chi connectivity index (χ3n) is 6.83. The largest absolute Gasteiger partial charge is 0.372 e. The molecule has 23 heavy (non-hydrogen) atoms. The highest BCUT2D eigenvalue weighted by atomic mass is 16.6. The number of piperidine rings is 1. The van der Waals surface area contributed by atoms with E-state index in [4.69, 9.17) is 4.74 Å². The molecule has 5 unspecified atom stereocenters. The Hall–Kier alpha value is -1.14. The van der Waals surface area contributed by atoms with Crippen molar-refractivity contribution in [3.8, 4) is 0 Å². The molecule has 3 heterocycles. The van der Waals surface area contributed by atoms with Gasteiger partial charge in [0.1, 0.15) is 5.54 Å². The maximum atomic E-state index is 12.7. The molecule has 0 aromatic carbocycles. The first-order valence-electron chi connectivity index (χ1n) is 8.75. The normalized spacial score (nSPS) is 46.8. The van der Waals surface area contributed by atoms with Gasteiger partial charge in [-0.25, -0.2) is 4.79 Å². The van der Waals surface area contributed by atoms with Crippen LogP contribution in [0.3, 0.4) is 0 Å². The Balaban J connectivity index is 2.05. The zero-order valence-corrected chi connectivity index (χ0v) is 14.9. The Morgan fingerprint density at radius 3 is 2.35 bits per heavy atom. The van der Waals surface area contributed by atoms with E-state index in [0.29, 0.717) is 12.5 Å². The van der Waals surface area contributed by atoms with E-state index in [2.05, 4.69) is 50.2 Å². The van der Waals surface area contributed by atoms with Gasteiger partial charge in [-0.3, -0.25) is 15.0 Å². The maximum Gasteiger partial charge on any atom is 0.322 e. The lowest BCUT2D eigenvalue weighted by atomic mass is 9.60. The SMILES string of the molecule is CCC1(C)CC2(NC(=O)NC2=O)C(C)C(C)(CC)N1CC1CO1. The Labute approximate surface area is 138 Å². The summed E-state index contributed by atoms with van der Waals surface area (Å²) in [6.07, 6.45) is 2.78. The van der Waals surface area contributed by atoms with Crippen LogP contribution in [-0.4, -0.2) is 52.7 Å². The molecule has 3 saturated heterocycles. The summed E-state index contributed by atoms with van der Waals surface area (Å²) >= 11 is 0. The van der Waals surface area contributed by atoms with E-state index < -0.39 is 5.54 Å². The number of carbonyl (C=O) groups is 2. The molecule has 2 N–H and O–H groups in total. The van der Waals surface area contributed by atoms with Gasteiger partial charge in [0.05, 0.1) is 12.7 Å². The van der Waals surface area contributed by atoms with Crippen molar-refractivity contribution in [2.45, 2.75) is 76.6 Å². The summed E-state index contributed by atoms with van der Waals surface area (Å²) in [6, 6.07) is -0.363. The summed E-state index contributed by atoms with van der Waals surface area (Å²) in [5, 5.41) is 5.45. The third-order valence-corrected chi connectivity index (χ3v) is 6.83. The maximum absolute atomic E-state index is 12.7. The molecule has 0 aromatic heterocycles. The average molecular weight is 323 g/mol. The van der Waals surface area contributed by atoms with E-state index in [1.54, 1.807) is 0 Å². The van der Waals surface area contributed by atoms with Gasteiger partial charge in [-0.15, -0.1) is 0 Å². The van der Waals surface area contributed by atoms with Crippen LogP contribution < -0.4 is 10.6 Å². The smallest absolute Gasteiger partial charge is 0.322 e. The fraction of sp³-hybridized carbons (Fsp3) is 0.882. The number of likely N-dealkylation sites (tertiary alicyclic amines) is 1. The lowest BCUT2D eigenvalue weighted by Crippen LogP contribution is -2.75. The molecule has 5 atom stereocenters. The van der Waals surface area contributed by atoms with Gasteiger partial charge in [0.15, 0.2) is 0 Å². The van der Waals surface area contributed by atoms with Gasteiger partial charge in [-0.2, -0.15) is 0 Å². The predicted molar refractivity (Wildman–Crippen MR) is 87.0 cm³/mol. The van der Waals surface area contributed by atoms with Gasteiger partial charge in [0.25, 0.3) is 5.91 Å². The zero-order valence-electron chi connectivity index (χ0n) is 14.9. The van der Waals surface area contributed by atoms with E-state index in [-0.39, 0.29) is 28.9 Å². The van der Waals surface area contributed by atoms with Crippen LogP contribution in [0.1, 0.15) is 53.9 Å². The summed E-state index contributed by atoms with van der Waals surface area (Å²) in [7, 11) is 0. The van der Waals surface area contributed by atoms with Gasteiger partial charge in [-0.1, -0.05) is 20.8 Å². The molecule has 6 nitrogen and oxygen atoms in total. The van der Waals surface area contributed by atoms with Gasteiger partial charge in [0.2, 0.25) is 0 Å². The number of epoxide rings is 1. The van der Waals surface area contributed by atoms with Crippen molar-refractivity contribution in [1.82, 2.24) is 15.5 Å². The van der Waals surface area contributed by atoms with Crippen molar-refractivity contribution in [2.75, 3.05) is 13.2 Å². The number of ether oxygens (including phenoxy) is 1. The number of urea groups is 1. The summed E-state index contributed by atoms with van der Waals surface area (Å²) in [4.78, 5) is 27.1. The second-order valence-electron chi connectivity index (χ2n) is 7.91. The van der Waals surface area contributed by atoms with Crippen LogP contribution in [0.4, 0.5) is 4.79 Å². The Kier molecular flexibility index (Phi) is 3.76. The molecule has 3 aliphatic heterocycles. The number of amides is 3. The van der Waals surface area contributed by atoms with E-state index in [1.165, 1.54) is 0 Å². The average Bonchev–Trinajstić information content (AvgIpc) is 3.28. The summed E-state index contributed by atoms with van der Waals surface area (Å²) in [6.45, 7) is 12.6. The first-order chi connectivity index (χ1) is 10.7. The molecule has 3 rings (SSSR count). The number of hydrogen-bond donors (Lipinski definition) is 2. The van der Waals surface area contributed by atoms with Crippen LogP contribution in [0.25, 0.3) is 0 Å². The van der Waals surface area contributed by atoms with Crippen LogP contribution in [0.5, 0.6) is 0 Å². The summed E-state index contributed by atoms with van der Waals surface area (Å²) < 4.78 is 5.49. The number of nitrogens with zero attached hydrogens (tertiary/aromatic N) is 1. The molecule has 3 fully saturated rings. The van der Waals surface area contributed by atoms with E-state index in [1.807, 2.05) is 0 Å². The van der Waals surface area contributed by atoms with Crippen LogP contribution in [0.2, 0.25) is 0 Å². The first kappa shape index (κ1) is 16.7. The van der Waals surface area contributed by atoms with Crippen molar-refractivity contribution in [3.05, 3.63) is 0 Å². The number of hydrogen-bond acceptors (Lipinski definition) is 4. The molecule has 6 heteroatoms. The molecule has 0 radical (unpaired) electrons. The Morgan fingerprint density at radius 2 is 1.91 bits per heavy atom. The quantitative estimate of drug-likeness (QED) is 0.609. The zero-order chi connectivity index (χ0) is 17.0. The Bertz CT molecular complexity index is 535. The van der Waals surface area contributed by atoms with E-state index >= 15 is 0 Å². The van der Waals surface area contributed by atoms with Gasteiger partial charge in [0, 0.05) is 23.5 Å². The number of nitrogens with one attached hydrogen (secondary N) is 2. The minimum Gasteiger partial charge on any atom is -0.372 e. The Morgan fingerprint density at radius 1 is 1.26 bits per heavy atom. The van der Waals surface area contributed by atoms with Crippen LogP contribution >= 0.6 is 0 Å². The number of imide groups is 1. The minimum absolute atomic E-state index is 0.0184. The highest BCUT2D eigenvalue weighted by Gasteiger charge is 2.65. The first-order valence-corrected chi connectivity index (χ1v) is 8.75. The molecule has 0 saturated carbocycles. The van der Waals surface area contributed by atoms with Crippen molar-refractivity contribution in [1.29, 1.82) is 0 Å². The van der Waals surface area contributed by atoms with Crippen LogP contribution in [-0.2, 0) is 9.53 Å². The monoisotopic (exact) mass is 323 g/mol. The second kappa shape index (κ2) is 5.18. The summed E-state index contributed by atoms with van der Waals surface area (Å²) in [5.74, 6) is -0.151. The van der Waals surface area contributed by atoms with Crippen LogP contribution in [0.15, 0.2) is 0 Å².